The SMILES string of the molecule is CCNC1CCN(C(=O)N(CC)CC)CC1. The van der Waals surface area contributed by atoms with E-state index in [1.807, 2.05) is 23.6 Å². The number of nitrogens with one attached hydrogen (secondary N) is 1. The molecule has 1 aliphatic rings. The van der Waals surface area contributed by atoms with Crippen LogP contribution >= 0.6 is 0 Å². The molecule has 0 unspecified atom stereocenters. The molecule has 94 valence electrons. The van der Waals surface area contributed by atoms with Gasteiger partial charge in [0.1, 0.15) is 0 Å². The molecule has 0 bridgehead atoms. The van der Waals surface area contributed by atoms with E-state index < -0.39 is 0 Å². The molecule has 0 aromatic heterocycles. The van der Waals surface area contributed by atoms with Gasteiger partial charge in [-0.15, -0.1) is 0 Å². The first-order valence-electron chi connectivity index (χ1n) is 6.50. The fraction of sp³-hybridized carbons (Fsp3) is 0.917. The molecular formula is C12H25N3O. The van der Waals surface area contributed by atoms with E-state index in [1.165, 1.54) is 0 Å². The van der Waals surface area contributed by atoms with Crippen molar-refractivity contribution in [2.24, 2.45) is 0 Å². The van der Waals surface area contributed by atoms with E-state index in [1.54, 1.807) is 0 Å². The van der Waals surface area contributed by atoms with Crippen LogP contribution in [0.25, 0.3) is 0 Å². The molecule has 16 heavy (non-hydrogen) atoms. The Morgan fingerprint density at radius 2 is 1.81 bits per heavy atom. The normalized spacial score (nSPS) is 17.6. The predicted molar refractivity (Wildman–Crippen MR) is 66.6 cm³/mol. The number of likely N-dealkylation sites (tertiary alicyclic amines) is 1. The van der Waals surface area contributed by atoms with Crippen molar-refractivity contribution in [1.82, 2.24) is 15.1 Å². The van der Waals surface area contributed by atoms with E-state index in [9.17, 15) is 4.79 Å². The topological polar surface area (TPSA) is 35.6 Å². The largest absolute Gasteiger partial charge is 0.325 e. The van der Waals surface area contributed by atoms with Gasteiger partial charge in [0, 0.05) is 32.2 Å². The van der Waals surface area contributed by atoms with Crippen LogP contribution in [0.1, 0.15) is 33.6 Å². The summed E-state index contributed by atoms with van der Waals surface area (Å²) in [5.41, 5.74) is 0. The molecule has 4 heteroatoms. The lowest BCUT2D eigenvalue weighted by atomic mass is 10.1. The smallest absolute Gasteiger partial charge is 0.319 e. The van der Waals surface area contributed by atoms with Gasteiger partial charge in [0.05, 0.1) is 0 Å². The zero-order valence-corrected chi connectivity index (χ0v) is 10.8. The van der Waals surface area contributed by atoms with Crippen molar-refractivity contribution in [3.8, 4) is 0 Å². The Bertz CT molecular complexity index is 208. The molecule has 0 aliphatic carbocycles. The minimum absolute atomic E-state index is 0.208. The van der Waals surface area contributed by atoms with Gasteiger partial charge in [-0.2, -0.15) is 0 Å². The molecule has 0 aromatic carbocycles. The summed E-state index contributed by atoms with van der Waals surface area (Å²) in [5.74, 6) is 0. The second-order valence-corrected chi connectivity index (χ2v) is 4.27. The average Bonchev–Trinajstić information content (AvgIpc) is 2.32. The Balaban J connectivity index is 2.38. The van der Waals surface area contributed by atoms with E-state index in [0.717, 1.165) is 45.6 Å². The molecule has 1 fully saturated rings. The third-order valence-corrected chi connectivity index (χ3v) is 3.29. The standard InChI is InChI=1S/C12H25N3O/c1-4-13-11-7-9-15(10-8-11)12(16)14(5-2)6-3/h11,13H,4-10H2,1-3H3. The van der Waals surface area contributed by atoms with Crippen LogP contribution in [0.5, 0.6) is 0 Å². The van der Waals surface area contributed by atoms with Crippen molar-refractivity contribution in [3.05, 3.63) is 0 Å². The lowest BCUT2D eigenvalue weighted by Crippen LogP contribution is -2.49. The van der Waals surface area contributed by atoms with E-state index in [4.69, 9.17) is 0 Å². The quantitative estimate of drug-likeness (QED) is 0.790. The average molecular weight is 227 g/mol. The van der Waals surface area contributed by atoms with Crippen LogP contribution < -0.4 is 5.32 Å². The number of rotatable bonds is 4. The lowest BCUT2D eigenvalue weighted by molar-refractivity contribution is 0.141. The fourth-order valence-corrected chi connectivity index (χ4v) is 2.26. The highest BCUT2D eigenvalue weighted by Crippen LogP contribution is 2.12. The zero-order valence-electron chi connectivity index (χ0n) is 10.8. The van der Waals surface area contributed by atoms with E-state index in [2.05, 4.69) is 12.2 Å². The highest BCUT2D eigenvalue weighted by Gasteiger charge is 2.24. The fourth-order valence-electron chi connectivity index (χ4n) is 2.26. The highest BCUT2D eigenvalue weighted by molar-refractivity contribution is 5.74. The molecule has 1 rings (SSSR count). The summed E-state index contributed by atoms with van der Waals surface area (Å²) >= 11 is 0. The van der Waals surface area contributed by atoms with Crippen molar-refractivity contribution in [3.63, 3.8) is 0 Å². The molecule has 1 saturated heterocycles. The maximum atomic E-state index is 12.1. The van der Waals surface area contributed by atoms with Crippen molar-refractivity contribution in [2.45, 2.75) is 39.7 Å². The van der Waals surface area contributed by atoms with Gasteiger partial charge in [0.15, 0.2) is 0 Å². The summed E-state index contributed by atoms with van der Waals surface area (Å²) in [6.07, 6.45) is 2.17. The van der Waals surface area contributed by atoms with Crippen LogP contribution in [0.4, 0.5) is 4.79 Å². The molecule has 1 heterocycles. The summed E-state index contributed by atoms with van der Waals surface area (Å²) in [7, 11) is 0. The summed E-state index contributed by atoms with van der Waals surface area (Å²) in [6, 6.07) is 0.811. The number of hydrogen-bond donors (Lipinski definition) is 1. The minimum Gasteiger partial charge on any atom is -0.325 e. The number of urea groups is 1. The first-order valence-corrected chi connectivity index (χ1v) is 6.50. The molecule has 1 aliphatic heterocycles. The molecule has 0 atom stereocenters. The summed E-state index contributed by atoms with van der Waals surface area (Å²) in [5, 5.41) is 3.45. The van der Waals surface area contributed by atoms with Crippen LogP contribution in [-0.2, 0) is 0 Å². The molecule has 0 aromatic rings. The van der Waals surface area contributed by atoms with Crippen molar-refractivity contribution >= 4 is 6.03 Å². The Kier molecular flexibility index (Phi) is 5.60. The molecule has 2 amide bonds. The van der Waals surface area contributed by atoms with Gasteiger partial charge >= 0.3 is 6.03 Å². The number of carbonyl (C=O) groups is 1. The van der Waals surface area contributed by atoms with Crippen molar-refractivity contribution in [1.29, 1.82) is 0 Å². The minimum atomic E-state index is 0.208. The molecule has 0 saturated carbocycles. The third kappa shape index (κ3) is 3.37. The van der Waals surface area contributed by atoms with Gasteiger partial charge in [-0.25, -0.2) is 4.79 Å². The van der Waals surface area contributed by atoms with Gasteiger partial charge in [-0.3, -0.25) is 0 Å². The van der Waals surface area contributed by atoms with Crippen molar-refractivity contribution in [2.75, 3.05) is 32.7 Å². The van der Waals surface area contributed by atoms with Gasteiger partial charge in [0.25, 0.3) is 0 Å². The molecule has 0 radical (unpaired) electrons. The highest BCUT2D eigenvalue weighted by atomic mass is 16.2. The lowest BCUT2D eigenvalue weighted by Gasteiger charge is -2.35. The van der Waals surface area contributed by atoms with E-state index in [-0.39, 0.29) is 6.03 Å². The molecular weight excluding hydrogens is 202 g/mol. The Morgan fingerprint density at radius 3 is 2.25 bits per heavy atom. The first kappa shape index (κ1) is 13.3. The van der Waals surface area contributed by atoms with E-state index >= 15 is 0 Å². The van der Waals surface area contributed by atoms with E-state index in [0.29, 0.717) is 6.04 Å². The Labute approximate surface area is 99.0 Å². The van der Waals surface area contributed by atoms with Crippen LogP contribution in [0, 0.1) is 0 Å². The molecule has 0 spiro atoms. The van der Waals surface area contributed by atoms with Gasteiger partial charge in [-0.1, -0.05) is 6.92 Å². The van der Waals surface area contributed by atoms with Crippen LogP contribution in [0.15, 0.2) is 0 Å². The monoisotopic (exact) mass is 227 g/mol. The second-order valence-electron chi connectivity index (χ2n) is 4.27. The number of carbonyl (C=O) groups excluding carboxylic acids is 1. The van der Waals surface area contributed by atoms with Gasteiger partial charge in [0.2, 0.25) is 0 Å². The number of hydrogen-bond acceptors (Lipinski definition) is 2. The van der Waals surface area contributed by atoms with Gasteiger partial charge < -0.3 is 15.1 Å². The third-order valence-electron chi connectivity index (χ3n) is 3.29. The molecule has 1 N–H and O–H groups in total. The first-order chi connectivity index (χ1) is 7.72. The van der Waals surface area contributed by atoms with Crippen LogP contribution in [0.3, 0.4) is 0 Å². The number of nitrogens with zero attached hydrogens (tertiary/aromatic N) is 2. The predicted octanol–water partition coefficient (Wildman–Crippen LogP) is 1.52. The summed E-state index contributed by atoms with van der Waals surface area (Å²) in [4.78, 5) is 15.9. The Morgan fingerprint density at radius 1 is 1.25 bits per heavy atom. The Hall–Kier alpha value is -0.770. The number of piperidine rings is 1. The maximum Gasteiger partial charge on any atom is 0.319 e. The van der Waals surface area contributed by atoms with Crippen LogP contribution in [-0.4, -0.2) is 54.6 Å². The van der Waals surface area contributed by atoms with Crippen molar-refractivity contribution < 1.29 is 4.79 Å². The van der Waals surface area contributed by atoms with Gasteiger partial charge in [-0.05, 0) is 33.2 Å². The second kappa shape index (κ2) is 6.74. The number of amides is 2. The summed E-state index contributed by atoms with van der Waals surface area (Å²) in [6.45, 7) is 10.6. The van der Waals surface area contributed by atoms with Crippen LogP contribution in [0.2, 0.25) is 0 Å². The summed E-state index contributed by atoms with van der Waals surface area (Å²) < 4.78 is 0. The molecule has 4 nitrogen and oxygen atoms in total. The zero-order chi connectivity index (χ0) is 12.0. The maximum absolute atomic E-state index is 12.1.